The smallest absolute Gasteiger partial charge is 0.255 e. The predicted octanol–water partition coefficient (Wildman–Crippen LogP) is 2.05. The van der Waals surface area contributed by atoms with Gasteiger partial charge in [-0.2, -0.15) is 0 Å². The lowest BCUT2D eigenvalue weighted by Crippen LogP contribution is -2.28. The first kappa shape index (κ1) is 13.4. The van der Waals surface area contributed by atoms with Gasteiger partial charge >= 0.3 is 0 Å². The zero-order chi connectivity index (χ0) is 12.8. The minimum absolute atomic E-state index is 0.123. The largest absolute Gasteiger partial charge is 0.496 e. The van der Waals surface area contributed by atoms with Gasteiger partial charge in [0.2, 0.25) is 0 Å². The molecular weight excluding hydrogens is 216 g/mol. The Balaban J connectivity index is 2.75. The Kier molecular flexibility index (Phi) is 4.82. The van der Waals surface area contributed by atoms with E-state index in [0.717, 1.165) is 6.42 Å². The van der Waals surface area contributed by atoms with Gasteiger partial charge in [-0.05, 0) is 18.1 Å². The van der Waals surface area contributed by atoms with Crippen LogP contribution in [0.2, 0.25) is 0 Å². The topological polar surface area (TPSA) is 64.4 Å². The van der Waals surface area contributed by atoms with Gasteiger partial charge in [-0.15, -0.1) is 0 Å². The highest BCUT2D eigenvalue weighted by Gasteiger charge is 2.12. The first-order valence-electron chi connectivity index (χ1n) is 5.80. The van der Waals surface area contributed by atoms with Crippen molar-refractivity contribution in [3.63, 3.8) is 0 Å². The minimum atomic E-state index is -0.123. The normalized spacial score (nSPS) is 11.9. The lowest BCUT2D eigenvalue weighted by Gasteiger charge is -2.12. The Bertz CT molecular complexity index is 391. The highest BCUT2D eigenvalue weighted by atomic mass is 16.5. The highest BCUT2D eigenvalue weighted by molar-refractivity contribution is 5.97. The molecule has 0 saturated heterocycles. The van der Waals surface area contributed by atoms with E-state index in [1.165, 1.54) is 7.11 Å². The molecule has 0 saturated carbocycles. The van der Waals surface area contributed by atoms with Gasteiger partial charge in [0.05, 0.1) is 12.7 Å². The number of hydrogen-bond donors (Lipinski definition) is 2. The number of benzene rings is 1. The minimum Gasteiger partial charge on any atom is -0.496 e. The van der Waals surface area contributed by atoms with Crippen molar-refractivity contribution in [2.24, 2.45) is 5.92 Å². The summed E-state index contributed by atoms with van der Waals surface area (Å²) in [5.74, 6) is 0.854. The molecule has 17 heavy (non-hydrogen) atoms. The third-order valence-electron chi connectivity index (χ3n) is 2.78. The van der Waals surface area contributed by atoms with Gasteiger partial charge in [0, 0.05) is 18.3 Å². The molecule has 0 aliphatic carbocycles. The quantitative estimate of drug-likeness (QED) is 0.769. The summed E-state index contributed by atoms with van der Waals surface area (Å²) < 4.78 is 5.14. The van der Waals surface area contributed by atoms with Crippen LogP contribution in [0.25, 0.3) is 0 Å². The fourth-order valence-electron chi connectivity index (χ4n) is 1.40. The summed E-state index contributed by atoms with van der Waals surface area (Å²) in [6, 6.07) is 5.03. The van der Waals surface area contributed by atoms with Crippen molar-refractivity contribution in [2.45, 2.75) is 20.3 Å². The zero-order valence-corrected chi connectivity index (χ0v) is 10.6. The van der Waals surface area contributed by atoms with Gasteiger partial charge in [-0.25, -0.2) is 0 Å². The summed E-state index contributed by atoms with van der Waals surface area (Å²) >= 11 is 0. The Morgan fingerprint density at radius 2 is 2.24 bits per heavy atom. The van der Waals surface area contributed by atoms with Crippen molar-refractivity contribution in [1.29, 1.82) is 0 Å². The molecular formula is C13H20N2O2. The maximum absolute atomic E-state index is 11.9. The Labute approximate surface area is 102 Å². The third kappa shape index (κ3) is 3.66. The highest BCUT2D eigenvalue weighted by Crippen LogP contribution is 2.21. The number of nitrogens with one attached hydrogen (secondary N) is 1. The van der Waals surface area contributed by atoms with Crippen molar-refractivity contribution in [1.82, 2.24) is 5.32 Å². The molecule has 1 atom stereocenters. The number of rotatable bonds is 5. The van der Waals surface area contributed by atoms with Crippen molar-refractivity contribution in [3.05, 3.63) is 23.8 Å². The lowest BCUT2D eigenvalue weighted by atomic mass is 10.1. The number of hydrogen-bond acceptors (Lipinski definition) is 3. The molecule has 0 aromatic heterocycles. The molecule has 1 aromatic carbocycles. The van der Waals surface area contributed by atoms with Gasteiger partial charge in [0.15, 0.2) is 0 Å². The average Bonchev–Trinajstić information content (AvgIpc) is 2.35. The maximum atomic E-state index is 11.9. The number of methoxy groups -OCH3 is 1. The van der Waals surface area contributed by atoms with E-state index in [2.05, 4.69) is 19.2 Å². The van der Waals surface area contributed by atoms with E-state index in [0.29, 0.717) is 29.5 Å². The molecule has 0 fully saturated rings. The van der Waals surface area contributed by atoms with Crippen LogP contribution >= 0.6 is 0 Å². The SMILES string of the molecule is CCC(C)CNC(=O)c1ccc(N)cc1OC. The number of nitrogen functional groups attached to an aromatic ring is 1. The van der Waals surface area contributed by atoms with Crippen LogP contribution in [0.1, 0.15) is 30.6 Å². The molecule has 0 heterocycles. The molecule has 1 amide bonds. The molecule has 0 radical (unpaired) electrons. The molecule has 1 rings (SSSR count). The third-order valence-corrected chi connectivity index (χ3v) is 2.78. The monoisotopic (exact) mass is 236 g/mol. The van der Waals surface area contributed by atoms with Gasteiger partial charge in [0.1, 0.15) is 5.75 Å². The second kappa shape index (κ2) is 6.13. The first-order valence-corrected chi connectivity index (χ1v) is 5.80. The Morgan fingerprint density at radius 1 is 1.53 bits per heavy atom. The number of ether oxygens (including phenoxy) is 1. The fourth-order valence-corrected chi connectivity index (χ4v) is 1.40. The van der Waals surface area contributed by atoms with Crippen LogP contribution in [0, 0.1) is 5.92 Å². The maximum Gasteiger partial charge on any atom is 0.255 e. The summed E-state index contributed by atoms with van der Waals surface area (Å²) in [4.78, 5) is 11.9. The molecule has 0 aliphatic rings. The van der Waals surface area contributed by atoms with Gasteiger partial charge in [0.25, 0.3) is 5.91 Å². The molecule has 94 valence electrons. The number of nitrogens with two attached hydrogens (primary N) is 1. The molecule has 1 unspecified atom stereocenters. The number of anilines is 1. The number of carbonyl (C=O) groups is 1. The van der Waals surface area contributed by atoms with Gasteiger partial charge in [-0.3, -0.25) is 4.79 Å². The fraction of sp³-hybridized carbons (Fsp3) is 0.462. The summed E-state index contributed by atoms with van der Waals surface area (Å²) in [5, 5.41) is 2.88. The van der Waals surface area contributed by atoms with Crippen LogP contribution in [0.4, 0.5) is 5.69 Å². The Morgan fingerprint density at radius 3 is 2.82 bits per heavy atom. The van der Waals surface area contributed by atoms with Crippen molar-refractivity contribution >= 4 is 11.6 Å². The summed E-state index contributed by atoms with van der Waals surface area (Å²) in [5.41, 5.74) is 6.74. The van der Waals surface area contributed by atoms with E-state index in [1.54, 1.807) is 18.2 Å². The van der Waals surface area contributed by atoms with E-state index in [4.69, 9.17) is 10.5 Å². The van der Waals surface area contributed by atoms with Crippen LogP contribution in [-0.4, -0.2) is 19.6 Å². The molecule has 0 aliphatic heterocycles. The van der Waals surface area contributed by atoms with Gasteiger partial charge < -0.3 is 15.8 Å². The van der Waals surface area contributed by atoms with Crippen LogP contribution in [-0.2, 0) is 0 Å². The second-order valence-electron chi connectivity index (χ2n) is 4.18. The molecule has 0 bridgehead atoms. The van der Waals surface area contributed by atoms with Gasteiger partial charge in [-0.1, -0.05) is 20.3 Å². The van der Waals surface area contributed by atoms with E-state index in [1.807, 2.05) is 0 Å². The van der Waals surface area contributed by atoms with E-state index in [-0.39, 0.29) is 5.91 Å². The molecule has 3 N–H and O–H groups in total. The lowest BCUT2D eigenvalue weighted by molar-refractivity contribution is 0.0945. The summed E-state index contributed by atoms with van der Waals surface area (Å²) in [6.45, 7) is 4.87. The standard InChI is InChI=1S/C13H20N2O2/c1-4-9(2)8-15-13(16)11-6-5-10(14)7-12(11)17-3/h5-7,9H,4,8,14H2,1-3H3,(H,15,16). The van der Waals surface area contributed by atoms with Crippen LogP contribution in [0.15, 0.2) is 18.2 Å². The van der Waals surface area contributed by atoms with E-state index in [9.17, 15) is 4.79 Å². The summed E-state index contributed by atoms with van der Waals surface area (Å²) in [6.07, 6.45) is 1.04. The second-order valence-corrected chi connectivity index (χ2v) is 4.18. The zero-order valence-electron chi connectivity index (χ0n) is 10.6. The van der Waals surface area contributed by atoms with E-state index < -0.39 is 0 Å². The van der Waals surface area contributed by atoms with Crippen LogP contribution < -0.4 is 15.8 Å². The molecule has 1 aromatic rings. The van der Waals surface area contributed by atoms with E-state index >= 15 is 0 Å². The summed E-state index contributed by atoms with van der Waals surface area (Å²) in [7, 11) is 1.53. The number of carbonyl (C=O) groups excluding carboxylic acids is 1. The average molecular weight is 236 g/mol. The number of amides is 1. The first-order chi connectivity index (χ1) is 8.08. The molecule has 4 nitrogen and oxygen atoms in total. The van der Waals surface area contributed by atoms with Crippen molar-refractivity contribution in [2.75, 3.05) is 19.4 Å². The van der Waals surface area contributed by atoms with Crippen LogP contribution in [0.3, 0.4) is 0 Å². The van der Waals surface area contributed by atoms with Crippen molar-refractivity contribution in [3.8, 4) is 5.75 Å². The predicted molar refractivity (Wildman–Crippen MR) is 69.2 cm³/mol. The molecule has 0 spiro atoms. The van der Waals surface area contributed by atoms with Crippen molar-refractivity contribution < 1.29 is 9.53 Å². The Hall–Kier alpha value is -1.71. The molecule has 4 heteroatoms. The van der Waals surface area contributed by atoms with Crippen LogP contribution in [0.5, 0.6) is 5.75 Å².